The van der Waals surface area contributed by atoms with Gasteiger partial charge in [0.25, 0.3) is 5.91 Å². The maximum absolute atomic E-state index is 12.0. The molecule has 0 aliphatic rings. The van der Waals surface area contributed by atoms with E-state index in [9.17, 15) is 4.79 Å². The van der Waals surface area contributed by atoms with E-state index in [1.165, 1.54) is 19.3 Å². The van der Waals surface area contributed by atoms with E-state index in [1.807, 2.05) is 42.5 Å². The zero-order valence-corrected chi connectivity index (χ0v) is 14.8. The summed E-state index contributed by atoms with van der Waals surface area (Å²) >= 11 is 0. The van der Waals surface area contributed by atoms with Crippen LogP contribution < -0.4 is 10.2 Å². The average Bonchev–Trinajstić information content (AvgIpc) is 2.66. The van der Waals surface area contributed by atoms with Crippen molar-refractivity contribution in [3.8, 4) is 5.75 Å². The number of unbranched alkanes of at least 4 members (excludes halogenated alkanes) is 3. The predicted octanol–water partition coefficient (Wildman–Crippen LogP) is 4.60. The molecular formula is C21H26N2O2. The van der Waals surface area contributed by atoms with Crippen LogP contribution >= 0.6 is 0 Å². The van der Waals surface area contributed by atoms with Crippen molar-refractivity contribution in [1.29, 1.82) is 0 Å². The lowest BCUT2D eigenvalue weighted by atomic mass is 10.2. The summed E-state index contributed by atoms with van der Waals surface area (Å²) < 4.78 is 5.67. The first kappa shape index (κ1) is 18.7. The van der Waals surface area contributed by atoms with Gasteiger partial charge in [0.15, 0.2) is 0 Å². The molecule has 0 atom stereocenters. The number of hydrogen-bond acceptors (Lipinski definition) is 3. The summed E-state index contributed by atoms with van der Waals surface area (Å²) in [5, 5.41) is 3.99. The lowest BCUT2D eigenvalue weighted by Gasteiger charge is -2.06. The Morgan fingerprint density at radius 3 is 2.52 bits per heavy atom. The fourth-order valence-corrected chi connectivity index (χ4v) is 2.36. The Hall–Kier alpha value is -2.62. The van der Waals surface area contributed by atoms with Crippen LogP contribution in [0.3, 0.4) is 0 Å². The van der Waals surface area contributed by atoms with Crippen molar-refractivity contribution in [2.75, 3.05) is 6.61 Å². The molecule has 0 aliphatic carbocycles. The number of hydrazone groups is 1. The van der Waals surface area contributed by atoms with Crippen LogP contribution in [0.5, 0.6) is 5.75 Å². The summed E-state index contributed by atoms with van der Waals surface area (Å²) in [6, 6.07) is 17.1. The van der Waals surface area contributed by atoms with Gasteiger partial charge in [-0.15, -0.1) is 0 Å². The number of nitrogens with zero attached hydrogens (tertiary/aromatic N) is 1. The molecular weight excluding hydrogens is 312 g/mol. The molecule has 0 fully saturated rings. The van der Waals surface area contributed by atoms with Gasteiger partial charge in [0.1, 0.15) is 5.75 Å². The molecule has 0 unspecified atom stereocenters. The molecule has 2 aromatic rings. The normalized spacial score (nSPS) is 10.8. The third-order valence-corrected chi connectivity index (χ3v) is 3.81. The quantitative estimate of drug-likeness (QED) is 0.391. The Labute approximate surface area is 149 Å². The van der Waals surface area contributed by atoms with Crippen LogP contribution in [0.25, 0.3) is 0 Å². The van der Waals surface area contributed by atoms with Crippen LogP contribution in [0, 0.1) is 0 Å². The Balaban J connectivity index is 1.72. The molecule has 2 rings (SSSR count). The van der Waals surface area contributed by atoms with Crippen molar-refractivity contribution < 1.29 is 9.53 Å². The largest absolute Gasteiger partial charge is 0.494 e. The summed E-state index contributed by atoms with van der Waals surface area (Å²) in [6.45, 7) is 2.91. The molecule has 0 bridgehead atoms. The van der Waals surface area contributed by atoms with Gasteiger partial charge in [-0.3, -0.25) is 4.79 Å². The number of amides is 1. The first-order valence-electron chi connectivity index (χ1n) is 8.88. The Bertz CT molecular complexity index is 651. The van der Waals surface area contributed by atoms with Crippen LogP contribution in [-0.2, 0) is 6.42 Å². The lowest BCUT2D eigenvalue weighted by molar-refractivity contribution is 0.0955. The molecule has 0 heterocycles. The van der Waals surface area contributed by atoms with E-state index in [2.05, 4.69) is 17.5 Å². The SMILES string of the molecule is CCCCCCOc1ccc(C(=O)NN=CCc2ccccc2)cc1. The summed E-state index contributed by atoms with van der Waals surface area (Å²) in [5.41, 5.74) is 4.26. The summed E-state index contributed by atoms with van der Waals surface area (Å²) in [7, 11) is 0. The van der Waals surface area contributed by atoms with E-state index in [0.717, 1.165) is 24.3 Å². The third kappa shape index (κ3) is 7.21. The molecule has 1 amide bonds. The van der Waals surface area contributed by atoms with E-state index in [1.54, 1.807) is 18.3 Å². The Morgan fingerprint density at radius 1 is 1.04 bits per heavy atom. The van der Waals surface area contributed by atoms with Crippen LogP contribution in [0.1, 0.15) is 48.5 Å². The standard InChI is InChI=1S/C21H26N2O2/c1-2-3-4-8-17-25-20-13-11-19(12-14-20)21(24)23-22-16-15-18-9-6-5-7-10-18/h5-7,9-14,16H,2-4,8,15,17H2,1H3,(H,23,24). The van der Waals surface area contributed by atoms with Crippen LogP contribution in [0.15, 0.2) is 59.7 Å². The molecule has 0 radical (unpaired) electrons. The van der Waals surface area contributed by atoms with Crippen molar-refractivity contribution in [2.45, 2.75) is 39.0 Å². The highest BCUT2D eigenvalue weighted by Crippen LogP contribution is 2.13. The first-order chi connectivity index (χ1) is 12.3. The molecule has 0 aromatic heterocycles. The smallest absolute Gasteiger partial charge is 0.271 e. The minimum Gasteiger partial charge on any atom is -0.494 e. The third-order valence-electron chi connectivity index (χ3n) is 3.81. The van der Waals surface area contributed by atoms with Gasteiger partial charge in [0.05, 0.1) is 6.61 Å². The second kappa shape index (κ2) is 11.0. The van der Waals surface area contributed by atoms with Crippen molar-refractivity contribution in [3.63, 3.8) is 0 Å². The number of benzene rings is 2. The highest BCUT2D eigenvalue weighted by atomic mass is 16.5. The van der Waals surface area contributed by atoms with Crippen molar-refractivity contribution in [2.24, 2.45) is 5.10 Å². The molecule has 0 spiro atoms. The molecule has 0 aliphatic heterocycles. The van der Waals surface area contributed by atoms with Gasteiger partial charge in [-0.2, -0.15) is 5.10 Å². The molecule has 4 heteroatoms. The van der Waals surface area contributed by atoms with Gasteiger partial charge >= 0.3 is 0 Å². The van der Waals surface area contributed by atoms with Crippen molar-refractivity contribution in [1.82, 2.24) is 5.43 Å². The zero-order valence-electron chi connectivity index (χ0n) is 14.8. The van der Waals surface area contributed by atoms with E-state index in [4.69, 9.17) is 4.74 Å². The van der Waals surface area contributed by atoms with Gasteiger partial charge in [0.2, 0.25) is 0 Å². The molecule has 4 nitrogen and oxygen atoms in total. The molecule has 0 saturated carbocycles. The van der Waals surface area contributed by atoms with Gasteiger partial charge in [-0.05, 0) is 36.2 Å². The molecule has 2 aromatic carbocycles. The van der Waals surface area contributed by atoms with Crippen LogP contribution in [-0.4, -0.2) is 18.7 Å². The number of rotatable bonds is 10. The van der Waals surface area contributed by atoms with Gasteiger partial charge in [0, 0.05) is 18.2 Å². The monoisotopic (exact) mass is 338 g/mol. The molecule has 132 valence electrons. The number of carbonyl (C=O) groups is 1. The van der Waals surface area contributed by atoms with Crippen LogP contribution in [0.4, 0.5) is 0 Å². The van der Waals surface area contributed by atoms with Gasteiger partial charge in [-0.25, -0.2) is 5.43 Å². The summed E-state index contributed by atoms with van der Waals surface area (Å²) in [6.07, 6.45) is 7.10. The minimum atomic E-state index is -0.223. The molecule has 0 saturated heterocycles. The number of carbonyl (C=O) groups excluding carboxylic acids is 1. The van der Waals surface area contributed by atoms with Gasteiger partial charge in [-0.1, -0.05) is 56.5 Å². The van der Waals surface area contributed by atoms with E-state index in [0.29, 0.717) is 12.0 Å². The minimum absolute atomic E-state index is 0.223. The number of hydrogen-bond donors (Lipinski definition) is 1. The number of ether oxygens (including phenoxy) is 1. The maximum Gasteiger partial charge on any atom is 0.271 e. The fourth-order valence-electron chi connectivity index (χ4n) is 2.36. The van der Waals surface area contributed by atoms with E-state index in [-0.39, 0.29) is 5.91 Å². The number of nitrogens with one attached hydrogen (secondary N) is 1. The van der Waals surface area contributed by atoms with Crippen molar-refractivity contribution >= 4 is 12.1 Å². The average molecular weight is 338 g/mol. The van der Waals surface area contributed by atoms with Gasteiger partial charge < -0.3 is 4.74 Å². The second-order valence-corrected chi connectivity index (χ2v) is 5.88. The lowest BCUT2D eigenvalue weighted by Crippen LogP contribution is -2.17. The summed E-state index contributed by atoms with van der Waals surface area (Å²) in [5.74, 6) is 0.569. The first-order valence-corrected chi connectivity index (χ1v) is 8.88. The fraction of sp³-hybridized carbons (Fsp3) is 0.333. The Morgan fingerprint density at radius 2 is 1.80 bits per heavy atom. The molecule has 25 heavy (non-hydrogen) atoms. The van der Waals surface area contributed by atoms with E-state index < -0.39 is 0 Å². The van der Waals surface area contributed by atoms with Crippen LogP contribution in [0.2, 0.25) is 0 Å². The second-order valence-electron chi connectivity index (χ2n) is 5.88. The molecule has 1 N–H and O–H groups in total. The van der Waals surface area contributed by atoms with Crippen molar-refractivity contribution in [3.05, 3.63) is 65.7 Å². The zero-order chi connectivity index (χ0) is 17.7. The maximum atomic E-state index is 12.0. The predicted molar refractivity (Wildman–Crippen MR) is 102 cm³/mol. The topological polar surface area (TPSA) is 50.7 Å². The highest BCUT2D eigenvalue weighted by Gasteiger charge is 2.04. The van der Waals surface area contributed by atoms with E-state index >= 15 is 0 Å². The highest BCUT2D eigenvalue weighted by molar-refractivity contribution is 5.94. The summed E-state index contributed by atoms with van der Waals surface area (Å²) in [4.78, 5) is 12.0. The Kier molecular flexibility index (Phi) is 8.25.